The maximum atomic E-state index is 13.6. The van der Waals surface area contributed by atoms with Crippen molar-refractivity contribution >= 4 is 17.4 Å². The Hall–Kier alpha value is -2.50. The fraction of sp³-hybridized carbons (Fsp3) is 0.389. The van der Waals surface area contributed by atoms with Gasteiger partial charge in [0.25, 0.3) is 0 Å². The van der Waals surface area contributed by atoms with E-state index in [-0.39, 0.29) is 17.6 Å². The van der Waals surface area contributed by atoms with Gasteiger partial charge in [-0.15, -0.1) is 5.10 Å². The van der Waals surface area contributed by atoms with Crippen molar-refractivity contribution in [2.24, 2.45) is 5.92 Å². The highest BCUT2D eigenvalue weighted by Crippen LogP contribution is 2.23. The largest absolute Gasteiger partial charge is 0.355 e. The summed E-state index contributed by atoms with van der Waals surface area (Å²) in [6.45, 7) is 5.13. The van der Waals surface area contributed by atoms with Crippen molar-refractivity contribution < 1.29 is 9.18 Å². The van der Waals surface area contributed by atoms with Gasteiger partial charge in [-0.05, 0) is 56.5 Å². The van der Waals surface area contributed by atoms with Crippen LogP contribution in [0.15, 0.2) is 30.3 Å². The predicted molar refractivity (Wildman–Crippen MR) is 91.5 cm³/mol. The van der Waals surface area contributed by atoms with Gasteiger partial charge in [0.05, 0.1) is 5.69 Å². The third-order valence-electron chi connectivity index (χ3n) is 4.41. The average molecular weight is 328 g/mol. The van der Waals surface area contributed by atoms with E-state index in [1.165, 1.54) is 6.07 Å². The first-order valence-corrected chi connectivity index (χ1v) is 8.15. The van der Waals surface area contributed by atoms with Gasteiger partial charge in [-0.25, -0.2) is 4.39 Å². The van der Waals surface area contributed by atoms with Gasteiger partial charge >= 0.3 is 0 Å². The van der Waals surface area contributed by atoms with Crippen molar-refractivity contribution in [1.29, 1.82) is 0 Å². The van der Waals surface area contributed by atoms with Crippen molar-refractivity contribution in [3.8, 4) is 0 Å². The van der Waals surface area contributed by atoms with Crippen molar-refractivity contribution in [1.82, 2.24) is 10.2 Å². The molecule has 1 aliphatic rings. The van der Waals surface area contributed by atoms with E-state index < -0.39 is 0 Å². The highest BCUT2D eigenvalue weighted by Gasteiger charge is 2.25. The molecule has 1 N–H and O–H groups in total. The second-order valence-electron chi connectivity index (χ2n) is 6.25. The predicted octanol–water partition coefficient (Wildman–Crippen LogP) is 3.09. The van der Waals surface area contributed by atoms with Gasteiger partial charge in [-0.2, -0.15) is 5.10 Å². The highest BCUT2D eigenvalue weighted by molar-refractivity contribution is 5.92. The first-order chi connectivity index (χ1) is 11.5. The molecule has 0 spiro atoms. The van der Waals surface area contributed by atoms with Crippen LogP contribution in [-0.2, 0) is 4.79 Å². The summed E-state index contributed by atoms with van der Waals surface area (Å²) in [5, 5.41) is 11.1. The van der Waals surface area contributed by atoms with Crippen LogP contribution in [0.1, 0.15) is 24.1 Å². The molecule has 2 heterocycles. The Morgan fingerprint density at radius 1 is 1.17 bits per heavy atom. The summed E-state index contributed by atoms with van der Waals surface area (Å²) in [6.07, 6.45) is 1.49. The Morgan fingerprint density at radius 2 is 1.92 bits per heavy atom. The van der Waals surface area contributed by atoms with Crippen molar-refractivity contribution in [2.75, 3.05) is 23.3 Å². The van der Waals surface area contributed by atoms with Crippen LogP contribution in [0.2, 0.25) is 0 Å². The number of amides is 1. The Bertz CT molecular complexity index is 724. The number of piperidine rings is 1. The van der Waals surface area contributed by atoms with Crippen LogP contribution >= 0.6 is 0 Å². The molecule has 0 atom stereocenters. The minimum atomic E-state index is -0.305. The lowest BCUT2D eigenvalue weighted by atomic mass is 9.95. The number of carbonyl (C=O) groups is 1. The molecule has 5 nitrogen and oxygen atoms in total. The summed E-state index contributed by atoms with van der Waals surface area (Å²) in [5.74, 6) is 0.428. The van der Waals surface area contributed by atoms with Gasteiger partial charge in [-0.1, -0.05) is 6.07 Å². The van der Waals surface area contributed by atoms with E-state index in [0.717, 1.165) is 37.4 Å². The van der Waals surface area contributed by atoms with Crippen LogP contribution < -0.4 is 10.2 Å². The Balaban J connectivity index is 1.56. The summed E-state index contributed by atoms with van der Waals surface area (Å²) >= 11 is 0. The van der Waals surface area contributed by atoms with Gasteiger partial charge in [0.15, 0.2) is 5.82 Å². The maximum Gasteiger partial charge on any atom is 0.227 e. The molecule has 1 fully saturated rings. The molecular weight excluding hydrogens is 307 g/mol. The zero-order valence-electron chi connectivity index (χ0n) is 13.9. The fourth-order valence-corrected chi connectivity index (χ4v) is 2.85. The number of nitrogens with one attached hydrogen (secondary N) is 1. The van der Waals surface area contributed by atoms with Crippen LogP contribution in [0.4, 0.5) is 15.9 Å². The zero-order chi connectivity index (χ0) is 17.1. The minimum Gasteiger partial charge on any atom is -0.355 e. The number of aromatic nitrogens is 2. The molecule has 24 heavy (non-hydrogen) atoms. The molecule has 1 aromatic carbocycles. The number of nitrogens with zero attached hydrogens (tertiary/aromatic N) is 3. The van der Waals surface area contributed by atoms with E-state index in [1.807, 2.05) is 19.1 Å². The van der Waals surface area contributed by atoms with Crippen molar-refractivity contribution in [3.05, 3.63) is 47.4 Å². The molecular formula is C18H21FN4O. The quantitative estimate of drug-likeness (QED) is 0.941. The summed E-state index contributed by atoms with van der Waals surface area (Å²) < 4.78 is 13.6. The lowest BCUT2D eigenvalue weighted by Gasteiger charge is -2.31. The Labute approximate surface area is 140 Å². The van der Waals surface area contributed by atoms with Crippen molar-refractivity contribution in [2.45, 2.75) is 26.7 Å². The fourth-order valence-electron chi connectivity index (χ4n) is 2.85. The first kappa shape index (κ1) is 16.4. The molecule has 0 saturated carbocycles. The number of anilines is 2. The lowest BCUT2D eigenvalue weighted by molar-refractivity contribution is -0.120. The molecule has 0 aliphatic carbocycles. The summed E-state index contributed by atoms with van der Waals surface area (Å²) in [7, 11) is 0. The SMILES string of the molecule is Cc1ccc(N2CCC(C(=O)Nc3ccc(C)c(F)c3)CC2)nn1. The molecule has 0 unspecified atom stereocenters. The van der Waals surface area contributed by atoms with Gasteiger partial charge in [-0.3, -0.25) is 4.79 Å². The van der Waals surface area contributed by atoms with E-state index in [1.54, 1.807) is 19.1 Å². The van der Waals surface area contributed by atoms with E-state index in [9.17, 15) is 9.18 Å². The third-order valence-corrected chi connectivity index (χ3v) is 4.41. The van der Waals surface area contributed by atoms with Gasteiger partial charge in [0, 0.05) is 24.7 Å². The number of hydrogen-bond donors (Lipinski definition) is 1. The van der Waals surface area contributed by atoms with Crippen LogP contribution in [-0.4, -0.2) is 29.2 Å². The van der Waals surface area contributed by atoms with Crippen LogP contribution in [0.3, 0.4) is 0 Å². The molecule has 1 amide bonds. The van der Waals surface area contributed by atoms with E-state index in [2.05, 4.69) is 20.4 Å². The highest BCUT2D eigenvalue weighted by atomic mass is 19.1. The minimum absolute atomic E-state index is 0.0482. The Morgan fingerprint density at radius 3 is 2.54 bits per heavy atom. The van der Waals surface area contributed by atoms with E-state index >= 15 is 0 Å². The summed E-state index contributed by atoms with van der Waals surface area (Å²) in [6, 6.07) is 8.66. The molecule has 0 radical (unpaired) electrons. The van der Waals surface area contributed by atoms with Crippen molar-refractivity contribution in [3.63, 3.8) is 0 Å². The number of rotatable bonds is 3. The third kappa shape index (κ3) is 3.69. The molecule has 2 aromatic rings. The van der Waals surface area contributed by atoms with Crippen LogP contribution in [0, 0.1) is 25.6 Å². The number of aryl methyl sites for hydroxylation is 2. The van der Waals surface area contributed by atoms with E-state index in [4.69, 9.17) is 0 Å². The monoisotopic (exact) mass is 328 g/mol. The van der Waals surface area contributed by atoms with Gasteiger partial charge in [0.1, 0.15) is 5.82 Å². The van der Waals surface area contributed by atoms with E-state index in [0.29, 0.717) is 11.3 Å². The molecule has 0 bridgehead atoms. The molecule has 126 valence electrons. The normalized spacial score (nSPS) is 15.4. The van der Waals surface area contributed by atoms with Gasteiger partial charge < -0.3 is 10.2 Å². The summed E-state index contributed by atoms with van der Waals surface area (Å²) in [5.41, 5.74) is 1.97. The maximum absolute atomic E-state index is 13.6. The number of benzene rings is 1. The Kier molecular flexibility index (Phi) is 4.74. The molecule has 3 rings (SSSR count). The molecule has 1 saturated heterocycles. The number of carbonyl (C=O) groups excluding carboxylic acids is 1. The average Bonchev–Trinajstić information content (AvgIpc) is 2.59. The zero-order valence-corrected chi connectivity index (χ0v) is 13.9. The number of hydrogen-bond acceptors (Lipinski definition) is 4. The standard InChI is InChI=1S/C18H21FN4O/c1-12-3-5-15(11-16(12)19)20-18(24)14-7-9-23(10-8-14)17-6-4-13(2)21-22-17/h3-6,11,14H,7-10H2,1-2H3,(H,20,24). The first-order valence-electron chi connectivity index (χ1n) is 8.15. The topological polar surface area (TPSA) is 58.1 Å². The lowest BCUT2D eigenvalue weighted by Crippen LogP contribution is -2.38. The molecule has 1 aromatic heterocycles. The summed E-state index contributed by atoms with van der Waals surface area (Å²) in [4.78, 5) is 14.5. The molecule has 6 heteroatoms. The van der Waals surface area contributed by atoms with Crippen LogP contribution in [0.25, 0.3) is 0 Å². The second kappa shape index (κ2) is 6.95. The smallest absolute Gasteiger partial charge is 0.227 e. The van der Waals surface area contributed by atoms with Crippen LogP contribution in [0.5, 0.6) is 0 Å². The number of halogens is 1. The second-order valence-corrected chi connectivity index (χ2v) is 6.25. The van der Waals surface area contributed by atoms with Gasteiger partial charge in [0.2, 0.25) is 5.91 Å². The molecule has 1 aliphatic heterocycles.